The highest BCUT2D eigenvalue weighted by Gasteiger charge is 2.26. The van der Waals surface area contributed by atoms with E-state index < -0.39 is 36.0 Å². The minimum absolute atomic E-state index is 0.0640. The number of aliphatic carboxylic acids is 1. The van der Waals surface area contributed by atoms with E-state index in [1.165, 1.54) is 29.2 Å². The molecular formula is C28H27Cl2N3O6. The molecule has 0 heterocycles. The van der Waals surface area contributed by atoms with E-state index in [0.717, 1.165) is 5.56 Å². The van der Waals surface area contributed by atoms with Crippen LogP contribution in [0.25, 0.3) is 0 Å². The molecule has 4 N–H and O–H groups in total. The summed E-state index contributed by atoms with van der Waals surface area (Å²) in [5.74, 6) is -3.59. The standard InChI is InChI=1S/C28H27Cl2N3O6/c1-33(16-17-6-3-2-4-7-17)28(39)32-15-20(27(37)38)13-24(35)25-22(29)11-19(12-23(25)30)26(36)31-14-18-8-5-9-21(34)10-18/h2-12,20,34H,13-16H2,1H3,(H,31,36)(H,32,39)(H,37,38)/t20-/m0/s1. The van der Waals surface area contributed by atoms with Gasteiger partial charge in [0, 0.05) is 38.7 Å². The van der Waals surface area contributed by atoms with Gasteiger partial charge in [0.25, 0.3) is 5.91 Å². The molecule has 0 fully saturated rings. The molecule has 3 amide bonds. The predicted molar refractivity (Wildman–Crippen MR) is 147 cm³/mol. The lowest BCUT2D eigenvalue weighted by Gasteiger charge is -2.20. The van der Waals surface area contributed by atoms with Crippen LogP contribution in [0.2, 0.25) is 10.0 Å². The van der Waals surface area contributed by atoms with Crippen molar-refractivity contribution < 1.29 is 29.4 Å². The molecule has 0 unspecified atom stereocenters. The highest BCUT2D eigenvalue weighted by molar-refractivity contribution is 6.40. The fourth-order valence-electron chi connectivity index (χ4n) is 3.77. The van der Waals surface area contributed by atoms with Gasteiger partial charge in [-0.05, 0) is 35.4 Å². The van der Waals surface area contributed by atoms with Crippen molar-refractivity contribution in [2.75, 3.05) is 13.6 Å². The lowest BCUT2D eigenvalue weighted by molar-refractivity contribution is -0.141. The van der Waals surface area contributed by atoms with Crippen LogP contribution in [-0.4, -0.2) is 52.4 Å². The van der Waals surface area contributed by atoms with Gasteiger partial charge >= 0.3 is 12.0 Å². The predicted octanol–water partition coefficient (Wildman–Crippen LogP) is 4.74. The zero-order valence-corrected chi connectivity index (χ0v) is 22.5. The van der Waals surface area contributed by atoms with Gasteiger partial charge in [0.15, 0.2) is 5.78 Å². The molecule has 0 bridgehead atoms. The first-order valence-corrected chi connectivity index (χ1v) is 12.6. The van der Waals surface area contributed by atoms with E-state index in [1.807, 2.05) is 30.3 Å². The highest BCUT2D eigenvalue weighted by atomic mass is 35.5. The third kappa shape index (κ3) is 8.46. The van der Waals surface area contributed by atoms with Crippen molar-refractivity contribution in [3.63, 3.8) is 0 Å². The minimum atomic E-state index is -1.27. The number of nitrogens with zero attached hydrogens (tertiary/aromatic N) is 1. The molecule has 0 aliphatic carbocycles. The maximum absolute atomic E-state index is 13.0. The Bertz CT molecular complexity index is 1340. The number of rotatable bonds is 11. The Labute approximate surface area is 235 Å². The Balaban J connectivity index is 1.61. The number of halogens is 2. The number of ketones is 1. The number of carbonyl (C=O) groups is 4. The first-order valence-electron chi connectivity index (χ1n) is 11.9. The maximum Gasteiger partial charge on any atom is 0.317 e. The number of carbonyl (C=O) groups excluding carboxylic acids is 3. The molecule has 0 radical (unpaired) electrons. The van der Waals surface area contributed by atoms with E-state index >= 15 is 0 Å². The third-order valence-corrected chi connectivity index (χ3v) is 6.43. The normalized spacial score (nSPS) is 11.4. The van der Waals surface area contributed by atoms with Crippen molar-refractivity contribution in [2.45, 2.75) is 19.5 Å². The second-order valence-electron chi connectivity index (χ2n) is 8.86. The van der Waals surface area contributed by atoms with Crippen LogP contribution in [0.4, 0.5) is 4.79 Å². The number of urea groups is 1. The monoisotopic (exact) mass is 571 g/mol. The zero-order chi connectivity index (χ0) is 28.5. The van der Waals surface area contributed by atoms with Crippen molar-refractivity contribution >= 4 is 46.9 Å². The van der Waals surface area contributed by atoms with Crippen LogP contribution in [0, 0.1) is 5.92 Å². The molecule has 3 aromatic rings. The van der Waals surface area contributed by atoms with Gasteiger partial charge in [0.05, 0.1) is 21.5 Å². The molecule has 3 aromatic carbocycles. The second-order valence-corrected chi connectivity index (χ2v) is 9.67. The van der Waals surface area contributed by atoms with Crippen LogP contribution >= 0.6 is 23.2 Å². The number of hydrogen-bond acceptors (Lipinski definition) is 5. The maximum atomic E-state index is 13.0. The van der Waals surface area contributed by atoms with Gasteiger partial charge in [-0.15, -0.1) is 0 Å². The van der Waals surface area contributed by atoms with Gasteiger partial charge in [-0.25, -0.2) is 4.79 Å². The number of hydrogen-bond donors (Lipinski definition) is 4. The Hall–Kier alpha value is -4.08. The van der Waals surface area contributed by atoms with E-state index in [2.05, 4.69) is 10.6 Å². The first-order chi connectivity index (χ1) is 18.5. The largest absolute Gasteiger partial charge is 0.508 e. The number of aromatic hydroxyl groups is 1. The Morgan fingerprint density at radius 3 is 2.15 bits per heavy atom. The summed E-state index contributed by atoms with van der Waals surface area (Å²) in [6.07, 6.45) is -0.472. The van der Waals surface area contributed by atoms with Crippen LogP contribution in [0.5, 0.6) is 5.75 Å². The molecule has 9 nitrogen and oxygen atoms in total. The van der Waals surface area contributed by atoms with E-state index in [-0.39, 0.29) is 40.0 Å². The van der Waals surface area contributed by atoms with Crippen molar-refractivity contribution in [3.8, 4) is 5.75 Å². The average molecular weight is 572 g/mol. The van der Waals surface area contributed by atoms with Gasteiger partial charge in [-0.1, -0.05) is 65.7 Å². The number of Topliss-reactive ketones (excluding diaryl/α,β-unsaturated/α-hetero) is 1. The van der Waals surface area contributed by atoms with Crippen LogP contribution in [0.1, 0.15) is 38.3 Å². The number of phenols is 1. The molecule has 0 aliphatic heterocycles. The van der Waals surface area contributed by atoms with Crippen LogP contribution in [0.15, 0.2) is 66.7 Å². The van der Waals surface area contributed by atoms with E-state index in [1.54, 1.807) is 19.2 Å². The summed E-state index contributed by atoms with van der Waals surface area (Å²) < 4.78 is 0. The van der Waals surface area contributed by atoms with Crippen molar-refractivity contribution in [1.29, 1.82) is 0 Å². The lowest BCUT2D eigenvalue weighted by atomic mass is 9.97. The van der Waals surface area contributed by atoms with E-state index in [9.17, 15) is 29.4 Å². The van der Waals surface area contributed by atoms with Crippen molar-refractivity contribution in [3.05, 3.63) is 99.0 Å². The van der Waals surface area contributed by atoms with Gasteiger partial charge in [-0.2, -0.15) is 0 Å². The van der Waals surface area contributed by atoms with Crippen LogP contribution in [0.3, 0.4) is 0 Å². The van der Waals surface area contributed by atoms with E-state index in [4.69, 9.17) is 23.2 Å². The molecule has 0 spiro atoms. The number of carboxylic acids is 1. The molecule has 204 valence electrons. The summed E-state index contributed by atoms with van der Waals surface area (Å²) in [5, 5.41) is 24.2. The van der Waals surface area contributed by atoms with Crippen molar-refractivity contribution in [1.82, 2.24) is 15.5 Å². The van der Waals surface area contributed by atoms with Gasteiger partial charge in [0.2, 0.25) is 0 Å². The first kappa shape index (κ1) is 29.5. The average Bonchev–Trinajstić information content (AvgIpc) is 2.89. The number of phenolic OH excluding ortho intramolecular Hbond substituents is 1. The smallest absolute Gasteiger partial charge is 0.317 e. The molecular weight excluding hydrogens is 545 g/mol. The summed E-state index contributed by atoms with van der Waals surface area (Å²) in [6, 6.07) is 17.7. The molecule has 0 aliphatic rings. The highest BCUT2D eigenvalue weighted by Crippen LogP contribution is 2.29. The Morgan fingerprint density at radius 1 is 0.897 bits per heavy atom. The van der Waals surface area contributed by atoms with E-state index in [0.29, 0.717) is 12.1 Å². The Kier molecular flexibility index (Phi) is 10.3. The summed E-state index contributed by atoms with van der Waals surface area (Å²) in [4.78, 5) is 51.2. The fourth-order valence-corrected chi connectivity index (χ4v) is 4.47. The number of amides is 3. The SMILES string of the molecule is CN(Cc1ccccc1)C(=O)NC[C@H](CC(=O)c1c(Cl)cc(C(=O)NCc2cccc(O)c2)cc1Cl)C(=O)O. The molecule has 0 saturated carbocycles. The molecule has 39 heavy (non-hydrogen) atoms. The van der Waals surface area contributed by atoms with Gasteiger partial charge in [-0.3, -0.25) is 14.4 Å². The topological polar surface area (TPSA) is 136 Å². The quantitative estimate of drug-likeness (QED) is 0.245. The summed E-state index contributed by atoms with van der Waals surface area (Å²) in [7, 11) is 1.57. The molecule has 0 aromatic heterocycles. The number of benzene rings is 3. The van der Waals surface area contributed by atoms with Crippen LogP contribution in [-0.2, 0) is 17.9 Å². The number of nitrogens with one attached hydrogen (secondary N) is 2. The molecule has 1 atom stereocenters. The summed E-state index contributed by atoms with van der Waals surface area (Å²) in [6.45, 7) is 0.168. The molecule has 0 saturated heterocycles. The second kappa shape index (κ2) is 13.6. The summed E-state index contributed by atoms with van der Waals surface area (Å²) >= 11 is 12.6. The third-order valence-electron chi connectivity index (χ3n) is 5.84. The van der Waals surface area contributed by atoms with Gasteiger partial charge in [0.1, 0.15) is 5.75 Å². The zero-order valence-electron chi connectivity index (χ0n) is 21.0. The minimum Gasteiger partial charge on any atom is -0.508 e. The van der Waals surface area contributed by atoms with Crippen molar-refractivity contribution in [2.24, 2.45) is 5.92 Å². The molecule has 11 heteroatoms. The van der Waals surface area contributed by atoms with Gasteiger partial charge < -0.3 is 25.7 Å². The van der Waals surface area contributed by atoms with Crippen LogP contribution < -0.4 is 10.6 Å². The molecule has 3 rings (SSSR count). The number of carboxylic acid groups (broad SMARTS) is 1. The Morgan fingerprint density at radius 2 is 1.54 bits per heavy atom. The summed E-state index contributed by atoms with van der Waals surface area (Å²) in [5.41, 5.74) is 1.57. The fraction of sp³-hybridized carbons (Fsp3) is 0.214. The lowest BCUT2D eigenvalue weighted by Crippen LogP contribution is -2.41.